The second kappa shape index (κ2) is 9.36. The van der Waals surface area contributed by atoms with Gasteiger partial charge in [0.15, 0.2) is 0 Å². The standard InChI is InChI=1S/C17H36N2O3/c1-13(2)14(10-18-12-17(6,7)8-9-20)11-19-15(21)22-16(3,4)5/h13-14,18,20H,8-12H2,1-7H3,(H,19,21). The molecule has 132 valence electrons. The van der Waals surface area contributed by atoms with Crippen LogP contribution in [0.25, 0.3) is 0 Å². The van der Waals surface area contributed by atoms with E-state index in [1.54, 1.807) is 0 Å². The highest BCUT2D eigenvalue weighted by molar-refractivity contribution is 5.67. The number of amides is 1. The van der Waals surface area contributed by atoms with E-state index < -0.39 is 5.60 Å². The molecule has 0 aromatic rings. The average molecular weight is 316 g/mol. The van der Waals surface area contributed by atoms with Crippen molar-refractivity contribution in [1.29, 1.82) is 0 Å². The molecule has 3 N–H and O–H groups in total. The minimum absolute atomic E-state index is 0.0782. The summed E-state index contributed by atoms with van der Waals surface area (Å²) in [6.07, 6.45) is 0.418. The van der Waals surface area contributed by atoms with Crippen LogP contribution in [0.2, 0.25) is 0 Å². The molecule has 0 radical (unpaired) electrons. The van der Waals surface area contributed by atoms with Crippen LogP contribution >= 0.6 is 0 Å². The van der Waals surface area contributed by atoms with Crippen molar-refractivity contribution < 1.29 is 14.6 Å². The summed E-state index contributed by atoms with van der Waals surface area (Å²) in [6, 6.07) is 0. The van der Waals surface area contributed by atoms with Crippen LogP contribution in [0.15, 0.2) is 0 Å². The van der Waals surface area contributed by atoms with Crippen molar-refractivity contribution >= 4 is 6.09 Å². The van der Waals surface area contributed by atoms with Gasteiger partial charge in [-0.2, -0.15) is 0 Å². The molecule has 1 atom stereocenters. The van der Waals surface area contributed by atoms with Crippen LogP contribution in [0.4, 0.5) is 4.79 Å². The number of ether oxygens (including phenoxy) is 1. The van der Waals surface area contributed by atoms with E-state index in [9.17, 15) is 4.79 Å². The molecule has 0 rings (SSSR count). The first-order chi connectivity index (χ1) is 9.97. The number of aliphatic hydroxyl groups is 1. The van der Waals surface area contributed by atoms with Crippen molar-refractivity contribution in [2.75, 3.05) is 26.2 Å². The SMILES string of the molecule is CC(C)C(CNCC(C)(C)CCO)CNC(=O)OC(C)(C)C. The molecule has 0 spiro atoms. The summed E-state index contributed by atoms with van der Waals surface area (Å²) in [5.74, 6) is 0.806. The minimum Gasteiger partial charge on any atom is -0.444 e. The number of hydrogen-bond donors (Lipinski definition) is 3. The highest BCUT2D eigenvalue weighted by Gasteiger charge is 2.21. The van der Waals surface area contributed by atoms with Gasteiger partial charge in [-0.05, 0) is 51.0 Å². The second-order valence-electron chi connectivity index (χ2n) is 8.16. The summed E-state index contributed by atoms with van der Waals surface area (Å²) in [4.78, 5) is 11.7. The van der Waals surface area contributed by atoms with Crippen molar-refractivity contribution in [3.8, 4) is 0 Å². The summed E-state index contributed by atoms with van der Waals surface area (Å²) >= 11 is 0. The summed E-state index contributed by atoms with van der Waals surface area (Å²) in [6.45, 7) is 16.7. The normalized spacial score (nSPS) is 14.0. The Kier molecular flexibility index (Phi) is 9.01. The van der Waals surface area contributed by atoms with Crippen LogP contribution in [0.3, 0.4) is 0 Å². The third-order valence-corrected chi connectivity index (χ3v) is 3.65. The zero-order valence-corrected chi connectivity index (χ0v) is 15.5. The highest BCUT2D eigenvalue weighted by Crippen LogP contribution is 2.18. The number of aliphatic hydroxyl groups excluding tert-OH is 1. The Morgan fingerprint density at radius 2 is 1.73 bits per heavy atom. The van der Waals surface area contributed by atoms with Crippen LogP contribution < -0.4 is 10.6 Å². The molecule has 0 bridgehead atoms. The van der Waals surface area contributed by atoms with Gasteiger partial charge in [0.25, 0.3) is 0 Å². The Labute approximate surface area is 136 Å². The van der Waals surface area contributed by atoms with Crippen LogP contribution in [0.5, 0.6) is 0 Å². The highest BCUT2D eigenvalue weighted by atomic mass is 16.6. The van der Waals surface area contributed by atoms with E-state index in [0.717, 1.165) is 19.5 Å². The van der Waals surface area contributed by atoms with Crippen molar-refractivity contribution in [2.45, 2.75) is 60.5 Å². The summed E-state index contributed by atoms with van der Waals surface area (Å²) in [5.41, 5.74) is -0.390. The molecular formula is C17H36N2O3. The van der Waals surface area contributed by atoms with Crippen LogP contribution in [0, 0.1) is 17.3 Å². The number of carbonyl (C=O) groups excluding carboxylic acids is 1. The van der Waals surface area contributed by atoms with Gasteiger partial charge >= 0.3 is 6.09 Å². The summed E-state index contributed by atoms with van der Waals surface area (Å²) in [5, 5.41) is 15.4. The van der Waals surface area contributed by atoms with Gasteiger partial charge in [0.2, 0.25) is 0 Å². The zero-order chi connectivity index (χ0) is 17.4. The van der Waals surface area contributed by atoms with E-state index in [4.69, 9.17) is 9.84 Å². The fraction of sp³-hybridized carbons (Fsp3) is 0.941. The Morgan fingerprint density at radius 1 is 1.14 bits per heavy atom. The van der Waals surface area contributed by atoms with Crippen LogP contribution in [0.1, 0.15) is 54.9 Å². The molecule has 22 heavy (non-hydrogen) atoms. The smallest absolute Gasteiger partial charge is 0.407 e. The van der Waals surface area contributed by atoms with Crippen molar-refractivity contribution in [3.05, 3.63) is 0 Å². The van der Waals surface area contributed by atoms with E-state index in [0.29, 0.717) is 18.4 Å². The Bertz CT molecular complexity index is 322. The lowest BCUT2D eigenvalue weighted by Gasteiger charge is -2.28. The summed E-state index contributed by atoms with van der Waals surface area (Å²) < 4.78 is 5.26. The monoisotopic (exact) mass is 316 g/mol. The maximum atomic E-state index is 11.7. The molecule has 0 aliphatic heterocycles. The van der Waals surface area contributed by atoms with E-state index in [1.807, 2.05) is 20.8 Å². The maximum Gasteiger partial charge on any atom is 0.407 e. The van der Waals surface area contributed by atoms with E-state index >= 15 is 0 Å². The molecule has 0 aromatic carbocycles. The number of carbonyl (C=O) groups is 1. The first-order valence-corrected chi connectivity index (χ1v) is 8.25. The van der Waals surface area contributed by atoms with Crippen molar-refractivity contribution in [3.63, 3.8) is 0 Å². The number of rotatable bonds is 9. The molecule has 5 heteroatoms. The van der Waals surface area contributed by atoms with Crippen molar-refractivity contribution in [2.24, 2.45) is 17.3 Å². The quantitative estimate of drug-likeness (QED) is 0.612. The molecule has 0 saturated heterocycles. The third kappa shape index (κ3) is 10.9. The lowest BCUT2D eigenvalue weighted by atomic mass is 9.89. The van der Waals surface area contributed by atoms with E-state index in [1.165, 1.54) is 0 Å². The largest absolute Gasteiger partial charge is 0.444 e. The van der Waals surface area contributed by atoms with Gasteiger partial charge in [-0.1, -0.05) is 27.7 Å². The number of hydrogen-bond acceptors (Lipinski definition) is 4. The van der Waals surface area contributed by atoms with Gasteiger partial charge in [-0.15, -0.1) is 0 Å². The molecule has 0 fully saturated rings. The molecule has 0 heterocycles. The molecule has 0 saturated carbocycles. The first kappa shape index (κ1) is 21.2. The van der Waals surface area contributed by atoms with E-state index in [-0.39, 0.29) is 18.1 Å². The topological polar surface area (TPSA) is 70.6 Å². The molecule has 0 aliphatic rings. The van der Waals surface area contributed by atoms with Gasteiger partial charge in [-0.25, -0.2) is 4.79 Å². The lowest BCUT2D eigenvalue weighted by Crippen LogP contribution is -2.41. The Hall–Kier alpha value is -0.810. The predicted octanol–water partition coefficient (Wildman–Crippen LogP) is 2.78. The Balaban J connectivity index is 4.20. The van der Waals surface area contributed by atoms with E-state index in [2.05, 4.69) is 38.3 Å². The first-order valence-electron chi connectivity index (χ1n) is 8.25. The van der Waals surface area contributed by atoms with Crippen molar-refractivity contribution in [1.82, 2.24) is 10.6 Å². The molecule has 1 unspecified atom stereocenters. The average Bonchev–Trinajstić information content (AvgIpc) is 2.30. The van der Waals surface area contributed by atoms with Gasteiger partial charge in [0.05, 0.1) is 0 Å². The molecule has 0 aromatic heterocycles. The van der Waals surface area contributed by atoms with Crippen LogP contribution in [-0.2, 0) is 4.74 Å². The predicted molar refractivity (Wildman–Crippen MR) is 90.9 cm³/mol. The fourth-order valence-electron chi connectivity index (χ4n) is 2.06. The van der Waals surface area contributed by atoms with Gasteiger partial charge in [-0.3, -0.25) is 0 Å². The zero-order valence-electron chi connectivity index (χ0n) is 15.5. The number of alkyl carbamates (subject to hydrolysis) is 1. The van der Waals surface area contributed by atoms with Gasteiger partial charge in [0, 0.05) is 19.7 Å². The van der Waals surface area contributed by atoms with Gasteiger partial charge in [0.1, 0.15) is 5.60 Å². The molecule has 1 amide bonds. The Morgan fingerprint density at radius 3 is 2.18 bits per heavy atom. The summed E-state index contributed by atoms with van der Waals surface area (Å²) in [7, 11) is 0. The maximum absolute atomic E-state index is 11.7. The van der Waals surface area contributed by atoms with Gasteiger partial charge < -0.3 is 20.5 Å². The molecule has 5 nitrogen and oxygen atoms in total. The fourth-order valence-corrected chi connectivity index (χ4v) is 2.06. The number of nitrogens with one attached hydrogen (secondary N) is 2. The van der Waals surface area contributed by atoms with Crippen LogP contribution in [-0.4, -0.2) is 43.0 Å². The molecular weight excluding hydrogens is 280 g/mol. The lowest BCUT2D eigenvalue weighted by molar-refractivity contribution is 0.0514. The third-order valence-electron chi connectivity index (χ3n) is 3.65. The minimum atomic E-state index is -0.468. The second-order valence-corrected chi connectivity index (χ2v) is 8.16. The molecule has 0 aliphatic carbocycles.